The van der Waals surface area contributed by atoms with Crippen LogP contribution in [-0.4, -0.2) is 90.4 Å². The van der Waals surface area contributed by atoms with Gasteiger partial charge in [-0.05, 0) is 38.5 Å². The minimum absolute atomic E-state index is 0. The van der Waals surface area contributed by atoms with E-state index in [0.717, 1.165) is 39.3 Å². The van der Waals surface area contributed by atoms with Crippen molar-refractivity contribution in [3.8, 4) is 0 Å². The fraction of sp³-hybridized carbons (Fsp3) is 0.857. The molecule has 6 N–H and O–H groups in total. The maximum atomic E-state index is 7.83. The van der Waals surface area contributed by atoms with Gasteiger partial charge in [0, 0.05) is 39.3 Å². The van der Waals surface area contributed by atoms with Gasteiger partial charge in [0.05, 0.1) is 0 Å². The third-order valence-electron chi connectivity index (χ3n) is 7.80. The molecule has 0 aromatic heterocycles. The van der Waals surface area contributed by atoms with E-state index in [1.165, 1.54) is 154 Å². The Morgan fingerprint density at radius 1 is 0.233 bits per heavy atom. The number of thiocarbonyl (C=S) groups is 6. The van der Waals surface area contributed by atoms with Gasteiger partial charge in [0.15, 0.2) is 75.2 Å². The van der Waals surface area contributed by atoms with Gasteiger partial charge in [-0.1, -0.05) is 183 Å². The van der Waals surface area contributed by atoms with E-state index in [9.17, 15) is 0 Å². The van der Waals surface area contributed by atoms with Gasteiger partial charge < -0.3 is 181 Å². The summed E-state index contributed by atoms with van der Waals surface area (Å²) in [5.74, 6) is 0. The molecule has 31 heteroatoms. The van der Waals surface area contributed by atoms with Crippen molar-refractivity contribution in [1.82, 2.24) is 31.9 Å². The SMILES string of the molecule is CCCCCCNC(=S)[S-].CCCCCCNC(=S)[S-].CCCCCCNC(=S)[S-].CCCCCCNC(=S)[S-].CCCCCCNC(=S)[S-].CCCCCCNC(=S)[S-].O=S.O=S.O=S.O=S.O=S.O=S.[Mo+6]. The Kier molecular flexibility index (Phi) is 183. The number of hydrogen-bond donors (Lipinski definition) is 6. The first-order valence-electron chi connectivity index (χ1n) is 23.3. The standard InChI is InChI=1S/6C7H15NS2.Mo.6OS/c6*1-2-3-4-5-6-8-7(9)10;;6*1-2/h6*2-6H2,1H3,(H2,8,9,10);;;;;;;/q;;;;;;+6;;;;;;/p-6. The van der Waals surface area contributed by atoms with Crippen LogP contribution < -0.4 is 31.9 Å². The van der Waals surface area contributed by atoms with Crippen molar-refractivity contribution >= 4 is 250 Å². The molecule has 0 spiro atoms. The quantitative estimate of drug-likeness (QED) is 0.0173. The topological polar surface area (TPSA) is 175 Å². The maximum absolute atomic E-state index is 7.83. The van der Waals surface area contributed by atoms with E-state index >= 15 is 0 Å². The van der Waals surface area contributed by atoms with E-state index in [2.05, 4.69) is 298 Å². The molecule has 0 rings (SSSR count). The van der Waals surface area contributed by atoms with Gasteiger partial charge in [0.25, 0.3) is 0 Å². The average Bonchev–Trinajstić information content (AvgIpc) is 3.38. The molecule has 0 heterocycles. The molecule has 0 fully saturated rings. The molecule has 0 saturated carbocycles. The number of rotatable bonds is 30. The summed E-state index contributed by atoms with van der Waals surface area (Å²) in [6.07, 6.45) is 30.3. The van der Waals surface area contributed by atoms with Gasteiger partial charge in [0.2, 0.25) is 0 Å². The van der Waals surface area contributed by atoms with Crippen molar-refractivity contribution in [3.63, 3.8) is 0 Å². The van der Waals surface area contributed by atoms with Crippen LogP contribution in [0.4, 0.5) is 0 Å². The maximum Gasteiger partial charge on any atom is 6.00 e. The molecule has 0 bridgehead atoms. The largest absolute Gasteiger partial charge is 6.00 e. The van der Waals surface area contributed by atoms with Crippen molar-refractivity contribution < 1.29 is 46.3 Å². The Bertz CT molecular complexity index is 874. The van der Waals surface area contributed by atoms with E-state index < -0.39 is 0 Å². The third kappa shape index (κ3) is 199. The van der Waals surface area contributed by atoms with E-state index in [0.29, 0.717) is 25.9 Å². The molecule has 12 nitrogen and oxygen atoms in total. The Morgan fingerprint density at radius 3 is 0.397 bits per heavy atom. The Labute approximate surface area is 556 Å². The molecule has 0 radical (unpaired) electrons. The van der Waals surface area contributed by atoms with Crippen LogP contribution in [0.2, 0.25) is 0 Å². The minimum atomic E-state index is 0. The van der Waals surface area contributed by atoms with Crippen LogP contribution in [0.25, 0.3) is 0 Å². The molecule has 0 aliphatic carbocycles. The molecule has 0 aromatic rings. The fourth-order valence-electron chi connectivity index (χ4n) is 4.45. The fourth-order valence-corrected chi connectivity index (χ4v) is 5.68. The van der Waals surface area contributed by atoms with Crippen LogP contribution >= 0.6 is 73.3 Å². The van der Waals surface area contributed by atoms with E-state index in [1.807, 2.05) is 0 Å². The molecular weight excluding hydrogens is 1360 g/mol. The van der Waals surface area contributed by atoms with Crippen LogP contribution in [0.5, 0.6) is 0 Å². The van der Waals surface area contributed by atoms with Crippen molar-refractivity contribution in [2.45, 2.75) is 196 Å². The summed E-state index contributed by atoms with van der Waals surface area (Å²) in [5.41, 5.74) is 0. The molecule has 0 aliphatic rings. The predicted molar refractivity (Wildman–Crippen MR) is 362 cm³/mol. The average molecular weight is 1440 g/mol. The zero-order valence-electron chi connectivity index (χ0n) is 43.4. The van der Waals surface area contributed by atoms with Crippen LogP contribution in [0.3, 0.4) is 0 Å². The first-order valence-corrected chi connectivity index (χ1v) is 30.2. The van der Waals surface area contributed by atoms with Gasteiger partial charge in [-0.2, -0.15) is 25.3 Å². The monoisotopic (exact) mass is 1440 g/mol. The summed E-state index contributed by atoms with van der Waals surface area (Å²) in [5, 5.41) is 17.7. The molecular formula is C42H84MoN6O6S18. The molecule has 0 amide bonds. The predicted octanol–water partition coefficient (Wildman–Crippen LogP) is 9.91. The zero-order valence-corrected chi connectivity index (χ0v) is 60.1. The van der Waals surface area contributed by atoms with Crippen molar-refractivity contribution in [2.75, 3.05) is 39.3 Å². The van der Waals surface area contributed by atoms with Crippen LogP contribution in [0.15, 0.2) is 0 Å². The zero-order chi connectivity index (χ0) is 58.9. The summed E-state index contributed by atoms with van der Waals surface area (Å²) in [6.45, 7) is 18.9. The van der Waals surface area contributed by atoms with Crippen molar-refractivity contribution in [3.05, 3.63) is 0 Å². The molecule has 432 valence electrons. The first-order chi connectivity index (χ1) is 34.6. The second-order valence-corrected chi connectivity index (χ2v) is 20.1. The van der Waals surface area contributed by atoms with Crippen LogP contribution in [0.1, 0.15) is 196 Å². The second kappa shape index (κ2) is 125. The Morgan fingerprint density at radius 2 is 0.329 bits per heavy atom. The third-order valence-corrected chi connectivity index (χ3v) is 9.53. The summed E-state index contributed by atoms with van der Waals surface area (Å²) >= 11 is 73.1. The Balaban J connectivity index is -0.0000000514. The van der Waals surface area contributed by atoms with Gasteiger partial charge >= 0.3 is 21.1 Å². The second-order valence-electron chi connectivity index (χ2n) is 13.6. The van der Waals surface area contributed by atoms with E-state index in [1.54, 1.807) is 0 Å². The normalized spacial score (nSPS) is 7.97. The molecule has 0 atom stereocenters. The smallest absolute Gasteiger partial charge is 0.412 e. The summed E-state index contributed by atoms with van der Waals surface area (Å²) in [7, 11) is 0. The van der Waals surface area contributed by atoms with Gasteiger partial charge in [-0.3, -0.25) is 0 Å². The molecule has 0 unspecified atom stereocenters. The molecule has 0 aromatic carbocycles. The molecule has 0 saturated heterocycles. The van der Waals surface area contributed by atoms with E-state index in [4.69, 9.17) is 25.3 Å². The van der Waals surface area contributed by atoms with Crippen LogP contribution in [-0.2, 0) is 172 Å². The van der Waals surface area contributed by atoms with Gasteiger partial charge in [-0.25, -0.2) is 0 Å². The number of nitrogens with one attached hydrogen (secondary N) is 6. The number of hydrogen-bond acceptors (Lipinski definition) is 24. The molecule has 0 aliphatic heterocycles. The number of unbranched alkanes of at least 4 members (excludes halogenated alkanes) is 18. The van der Waals surface area contributed by atoms with Crippen molar-refractivity contribution in [2.24, 2.45) is 0 Å². The van der Waals surface area contributed by atoms with Gasteiger partial charge in [0.1, 0.15) is 0 Å². The Hall–Kier alpha value is 1.47. The van der Waals surface area contributed by atoms with Crippen LogP contribution in [0, 0.1) is 0 Å². The molecule has 73 heavy (non-hydrogen) atoms. The summed E-state index contributed by atoms with van der Waals surface area (Å²) < 4.78 is 50.0. The summed E-state index contributed by atoms with van der Waals surface area (Å²) in [4.78, 5) is 0. The van der Waals surface area contributed by atoms with Gasteiger partial charge in [-0.15, -0.1) is 0 Å². The van der Waals surface area contributed by atoms with E-state index in [-0.39, 0.29) is 21.1 Å². The first kappa shape index (κ1) is 106. The minimum Gasteiger partial charge on any atom is -0.412 e. The van der Waals surface area contributed by atoms with Crippen molar-refractivity contribution in [1.29, 1.82) is 0 Å². The summed E-state index contributed by atoms with van der Waals surface area (Å²) in [6, 6.07) is 0.